The van der Waals surface area contributed by atoms with Crippen LogP contribution < -0.4 is 4.90 Å². The maximum Gasteiger partial charge on any atom is 0.0954 e. The maximum atomic E-state index is 8.76. The molecular weight excluding hydrogens is 266 g/mol. The summed E-state index contributed by atoms with van der Waals surface area (Å²) in [6.07, 6.45) is 0. The number of aryl methyl sites for hydroxylation is 1. The molecule has 4 heteroatoms. The van der Waals surface area contributed by atoms with Gasteiger partial charge in [0.15, 0.2) is 0 Å². The molecule has 108 valence electrons. The summed E-state index contributed by atoms with van der Waals surface area (Å²) in [4.78, 5) is 5.80. The molecule has 20 heavy (non-hydrogen) atoms. The van der Waals surface area contributed by atoms with E-state index in [2.05, 4.69) is 48.1 Å². The van der Waals surface area contributed by atoms with Gasteiger partial charge in [-0.2, -0.15) is 5.26 Å². The molecular formula is C16H23N3S. The molecule has 1 aliphatic rings. The van der Waals surface area contributed by atoms with Crippen LogP contribution in [-0.4, -0.2) is 31.1 Å². The van der Waals surface area contributed by atoms with E-state index in [9.17, 15) is 0 Å². The average molecular weight is 289 g/mol. The third kappa shape index (κ3) is 4.22. The summed E-state index contributed by atoms with van der Waals surface area (Å²) in [5, 5.41) is 10.0. The Bertz CT molecular complexity index is 510. The number of nitriles is 1. The second-order valence-corrected chi connectivity index (χ2v) is 5.79. The number of anilines is 1. The van der Waals surface area contributed by atoms with Gasteiger partial charge in [0.05, 0.1) is 11.1 Å². The fourth-order valence-electron chi connectivity index (χ4n) is 2.10. The van der Waals surface area contributed by atoms with Gasteiger partial charge in [-0.1, -0.05) is 27.0 Å². The van der Waals surface area contributed by atoms with Crippen LogP contribution in [0.15, 0.2) is 36.6 Å². The van der Waals surface area contributed by atoms with Crippen LogP contribution in [0.1, 0.15) is 18.7 Å². The Morgan fingerprint density at radius 2 is 2.10 bits per heavy atom. The van der Waals surface area contributed by atoms with Gasteiger partial charge in [-0.05, 0) is 19.1 Å². The lowest BCUT2D eigenvalue weighted by Gasteiger charge is -2.36. The van der Waals surface area contributed by atoms with E-state index in [0.29, 0.717) is 12.1 Å². The molecule has 0 saturated carbocycles. The van der Waals surface area contributed by atoms with E-state index in [1.165, 1.54) is 9.88 Å². The zero-order valence-corrected chi connectivity index (χ0v) is 13.5. The van der Waals surface area contributed by atoms with E-state index in [-0.39, 0.29) is 0 Å². The van der Waals surface area contributed by atoms with Crippen molar-refractivity contribution in [2.45, 2.75) is 20.8 Å². The standard InChI is InChI=1S/C14H17N3S.C2H6/c1-11(8-15)9-16-6-7-17(12(2)10-16)14-5-4-13(3)18-14;1-2/h4-5H,1-2,6-7,9-10H2,3H3;1-2H3. The SMILES string of the molecule is C=C(C#N)CN1CCN(c2ccc(C)s2)C(=C)C1.CC. The molecule has 0 amide bonds. The molecule has 0 aromatic carbocycles. The summed E-state index contributed by atoms with van der Waals surface area (Å²) in [5.74, 6) is 0. The van der Waals surface area contributed by atoms with Crippen molar-refractivity contribution in [1.82, 2.24) is 4.90 Å². The Balaban J connectivity index is 0.000000956. The monoisotopic (exact) mass is 289 g/mol. The Hall–Kier alpha value is -1.57. The molecule has 1 aromatic rings. The van der Waals surface area contributed by atoms with Crippen LogP contribution in [0.25, 0.3) is 0 Å². The van der Waals surface area contributed by atoms with Crippen LogP contribution >= 0.6 is 11.3 Å². The van der Waals surface area contributed by atoms with Gasteiger partial charge in [0.25, 0.3) is 0 Å². The molecule has 1 saturated heterocycles. The van der Waals surface area contributed by atoms with Gasteiger partial charge in [-0.3, -0.25) is 4.90 Å². The van der Waals surface area contributed by atoms with E-state index < -0.39 is 0 Å². The second-order valence-electron chi connectivity index (χ2n) is 4.53. The normalized spacial score (nSPS) is 15.3. The lowest BCUT2D eigenvalue weighted by atomic mass is 10.2. The predicted molar refractivity (Wildman–Crippen MR) is 88.1 cm³/mol. The highest BCUT2D eigenvalue weighted by Gasteiger charge is 2.21. The fourth-order valence-corrected chi connectivity index (χ4v) is 3.03. The highest BCUT2D eigenvalue weighted by Crippen LogP contribution is 2.29. The van der Waals surface area contributed by atoms with E-state index in [4.69, 9.17) is 5.26 Å². The van der Waals surface area contributed by atoms with Crippen molar-refractivity contribution in [1.29, 1.82) is 5.26 Å². The molecule has 0 N–H and O–H groups in total. The van der Waals surface area contributed by atoms with Gasteiger partial charge in [0, 0.05) is 42.3 Å². The predicted octanol–water partition coefficient (Wildman–Crippen LogP) is 3.80. The molecule has 1 aliphatic heterocycles. The van der Waals surface area contributed by atoms with Crippen LogP contribution in [0.4, 0.5) is 5.00 Å². The van der Waals surface area contributed by atoms with E-state index in [1.807, 2.05) is 13.8 Å². The Morgan fingerprint density at radius 1 is 1.40 bits per heavy atom. The lowest BCUT2D eigenvalue weighted by Crippen LogP contribution is -2.44. The molecule has 1 fully saturated rings. The molecule has 0 radical (unpaired) electrons. The molecule has 2 rings (SSSR count). The van der Waals surface area contributed by atoms with Gasteiger partial charge in [-0.25, -0.2) is 0 Å². The number of nitrogens with zero attached hydrogens (tertiary/aromatic N) is 3. The van der Waals surface area contributed by atoms with Crippen LogP contribution in [0, 0.1) is 18.3 Å². The zero-order chi connectivity index (χ0) is 15.1. The fraction of sp³-hybridized carbons (Fsp3) is 0.438. The number of piperazine rings is 1. The quantitative estimate of drug-likeness (QED) is 0.793. The van der Waals surface area contributed by atoms with Gasteiger partial charge >= 0.3 is 0 Å². The zero-order valence-electron chi connectivity index (χ0n) is 12.6. The van der Waals surface area contributed by atoms with Crippen LogP contribution in [-0.2, 0) is 0 Å². The summed E-state index contributed by atoms with van der Waals surface area (Å²) < 4.78 is 0. The maximum absolute atomic E-state index is 8.76. The summed E-state index contributed by atoms with van der Waals surface area (Å²) in [5.41, 5.74) is 1.71. The number of thiophene rings is 1. The van der Waals surface area contributed by atoms with Gasteiger partial charge in [-0.15, -0.1) is 11.3 Å². The highest BCUT2D eigenvalue weighted by molar-refractivity contribution is 7.16. The molecule has 0 unspecified atom stereocenters. The van der Waals surface area contributed by atoms with Gasteiger partial charge in [0.2, 0.25) is 0 Å². The smallest absolute Gasteiger partial charge is 0.0954 e. The van der Waals surface area contributed by atoms with E-state index >= 15 is 0 Å². The third-order valence-electron chi connectivity index (χ3n) is 2.99. The van der Waals surface area contributed by atoms with Crippen molar-refractivity contribution in [2.24, 2.45) is 0 Å². The largest absolute Gasteiger partial charge is 0.335 e. The highest BCUT2D eigenvalue weighted by atomic mass is 32.1. The van der Waals surface area contributed by atoms with Crippen LogP contribution in [0.3, 0.4) is 0 Å². The molecule has 0 bridgehead atoms. The summed E-state index contributed by atoms with van der Waals surface area (Å²) in [6.45, 7) is 17.3. The minimum Gasteiger partial charge on any atom is -0.335 e. The van der Waals surface area contributed by atoms with Gasteiger partial charge < -0.3 is 4.90 Å². The molecule has 0 atom stereocenters. The molecule has 1 aromatic heterocycles. The first-order valence-electron chi connectivity index (χ1n) is 6.92. The van der Waals surface area contributed by atoms with E-state index in [1.54, 1.807) is 11.3 Å². The Kier molecular flexibility index (Phi) is 6.50. The average Bonchev–Trinajstić information content (AvgIpc) is 2.87. The summed E-state index contributed by atoms with van der Waals surface area (Å²) in [7, 11) is 0. The molecule has 3 nitrogen and oxygen atoms in total. The third-order valence-corrected chi connectivity index (χ3v) is 4.02. The van der Waals surface area contributed by atoms with E-state index in [0.717, 1.165) is 25.3 Å². The molecule has 0 spiro atoms. The minimum atomic E-state index is 0.614. The number of hydrogen-bond acceptors (Lipinski definition) is 4. The lowest BCUT2D eigenvalue weighted by molar-refractivity contribution is 0.306. The topological polar surface area (TPSA) is 30.3 Å². The van der Waals surface area contributed by atoms with Crippen molar-refractivity contribution in [3.63, 3.8) is 0 Å². The van der Waals surface area contributed by atoms with Crippen molar-refractivity contribution in [3.8, 4) is 6.07 Å². The van der Waals surface area contributed by atoms with Crippen molar-refractivity contribution >= 4 is 16.3 Å². The van der Waals surface area contributed by atoms with Crippen LogP contribution in [0.5, 0.6) is 0 Å². The van der Waals surface area contributed by atoms with Crippen molar-refractivity contribution < 1.29 is 0 Å². The van der Waals surface area contributed by atoms with Crippen molar-refractivity contribution in [2.75, 3.05) is 31.1 Å². The first-order chi connectivity index (χ1) is 9.60. The first-order valence-corrected chi connectivity index (χ1v) is 7.74. The molecule has 2 heterocycles. The Morgan fingerprint density at radius 3 is 2.60 bits per heavy atom. The summed E-state index contributed by atoms with van der Waals surface area (Å²) in [6, 6.07) is 6.38. The van der Waals surface area contributed by atoms with Gasteiger partial charge in [0.1, 0.15) is 0 Å². The molecule has 0 aliphatic carbocycles. The van der Waals surface area contributed by atoms with Crippen molar-refractivity contribution in [3.05, 3.63) is 41.4 Å². The first kappa shape index (κ1) is 16.5. The van der Waals surface area contributed by atoms with Crippen LogP contribution in [0.2, 0.25) is 0 Å². The second kappa shape index (κ2) is 7.88. The Labute approximate surface area is 126 Å². The number of hydrogen-bond donors (Lipinski definition) is 0. The minimum absolute atomic E-state index is 0.614. The summed E-state index contributed by atoms with van der Waals surface area (Å²) >= 11 is 1.79. The number of rotatable bonds is 3.